The highest BCUT2D eigenvalue weighted by molar-refractivity contribution is 5.23. The van der Waals surface area contributed by atoms with Gasteiger partial charge in [-0.25, -0.2) is 26.3 Å². The Morgan fingerprint density at radius 3 is 1.36 bits per heavy atom. The van der Waals surface area contributed by atoms with Crippen LogP contribution in [0.4, 0.5) is 26.3 Å². The van der Waals surface area contributed by atoms with E-state index in [4.69, 9.17) is 0 Å². The second-order valence-corrected chi connectivity index (χ2v) is 8.41. The summed E-state index contributed by atoms with van der Waals surface area (Å²) in [5, 5.41) is 0. The molecule has 33 heavy (non-hydrogen) atoms. The van der Waals surface area contributed by atoms with E-state index in [0.717, 1.165) is 18.2 Å². The summed E-state index contributed by atoms with van der Waals surface area (Å²) in [6.07, 6.45) is 0. The molecular formula is C27H30F6. The maximum absolute atomic E-state index is 12.9. The van der Waals surface area contributed by atoms with Crippen molar-refractivity contribution in [1.29, 1.82) is 0 Å². The van der Waals surface area contributed by atoms with Gasteiger partial charge in [0.05, 0.1) is 0 Å². The Kier molecular flexibility index (Phi) is 11.2. The molecule has 0 fully saturated rings. The van der Waals surface area contributed by atoms with Gasteiger partial charge in [-0.05, 0) is 65.3 Å². The zero-order chi connectivity index (χ0) is 25.3. The van der Waals surface area contributed by atoms with Gasteiger partial charge in [0.15, 0.2) is 11.6 Å². The third-order valence-electron chi connectivity index (χ3n) is 4.76. The predicted octanol–water partition coefficient (Wildman–Crippen LogP) is 9.26. The van der Waals surface area contributed by atoms with E-state index >= 15 is 0 Å². The molecule has 3 rings (SSSR count). The summed E-state index contributed by atoms with van der Waals surface area (Å²) >= 11 is 0. The molecule has 0 radical (unpaired) electrons. The number of halogens is 6. The Labute approximate surface area is 192 Å². The average Bonchev–Trinajstić information content (AvgIpc) is 2.72. The monoisotopic (exact) mass is 468 g/mol. The van der Waals surface area contributed by atoms with Crippen LogP contribution < -0.4 is 0 Å². The first-order valence-electron chi connectivity index (χ1n) is 10.7. The lowest BCUT2D eigenvalue weighted by molar-refractivity contribution is 0.494. The van der Waals surface area contributed by atoms with Gasteiger partial charge in [0, 0.05) is 5.56 Å². The van der Waals surface area contributed by atoms with Crippen molar-refractivity contribution in [3.8, 4) is 0 Å². The molecule has 0 aliphatic heterocycles. The first-order chi connectivity index (χ1) is 15.4. The Hall–Kier alpha value is -2.76. The fraction of sp³-hybridized carbons (Fsp3) is 0.333. The van der Waals surface area contributed by atoms with E-state index in [2.05, 4.69) is 0 Å². The molecule has 3 aromatic rings. The second kappa shape index (κ2) is 13.1. The van der Waals surface area contributed by atoms with Crippen LogP contribution in [0.5, 0.6) is 0 Å². The van der Waals surface area contributed by atoms with E-state index in [0.29, 0.717) is 11.1 Å². The van der Waals surface area contributed by atoms with Crippen molar-refractivity contribution in [1.82, 2.24) is 0 Å². The van der Waals surface area contributed by atoms with Crippen molar-refractivity contribution in [3.05, 3.63) is 106 Å². The van der Waals surface area contributed by atoms with Crippen LogP contribution in [0.1, 0.15) is 76.0 Å². The SMILES string of the molecule is CC(C)c1c(F)cccc1F.CC(C)c1cc(F)ccc1F.CC(C)c1cccc(F)c1F. The molecule has 0 nitrogen and oxygen atoms in total. The lowest BCUT2D eigenvalue weighted by atomic mass is 10.0. The van der Waals surface area contributed by atoms with Crippen LogP contribution >= 0.6 is 0 Å². The van der Waals surface area contributed by atoms with Crippen molar-refractivity contribution < 1.29 is 26.3 Å². The zero-order valence-electron chi connectivity index (χ0n) is 19.7. The van der Waals surface area contributed by atoms with Crippen LogP contribution in [0.15, 0.2) is 54.6 Å². The summed E-state index contributed by atoms with van der Waals surface area (Å²) in [5.74, 6) is -3.15. The third-order valence-corrected chi connectivity index (χ3v) is 4.76. The number of hydrogen-bond donors (Lipinski definition) is 0. The van der Waals surface area contributed by atoms with Gasteiger partial charge in [0.1, 0.15) is 23.3 Å². The van der Waals surface area contributed by atoms with E-state index in [1.807, 2.05) is 27.7 Å². The van der Waals surface area contributed by atoms with Gasteiger partial charge in [-0.2, -0.15) is 0 Å². The number of benzene rings is 3. The molecule has 0 saturated heterocycles. The Balaban J connectivity index is 0.000000247. The predicted molar refractivity (Wildman–Crippen MR) is 121 cm³/mol. The molecule has 0 spiro atoms. The van der Waals surface area contributed by atoms with Gasteiger partial charge < -0.3 is 0 Å². The summed E-state index contributed by atoms with van der Waals surface area (Å²) in [6, 6.07) is 11.7. The first-order valence-corrected chi connectivity index (χ1v) is 10.7. The van der Waals surface area contributed by atoms with Crippen molar-refractivity contribution >= 4 is 0 Å². The molecule has 0 N–H and O–H groups in total. The van der Waals surface area contributed by atoms with E-state index in [-0.39, 0.29) is 35.0 Å². The van der Waals surface area contributed by atoms with Gasteiger partial charge in [-0.15, -0.1) is 0 Å². The van der Waals surface area contributed by atoms with Crippen LogP contribution in [0.2, 0.25) is 0 Å². The Morgan fingerprint density at radius 1 is 0.485 bits per heavy atom. The standard InChI is InChI=1S/3C9H10F2/c1-6(2)8-5-7(10)3-4-9(8)11;1-6(2)9-7(10)4-3-5-8(9)11;1-6(2)7-4-3-5-8(10)9(7)11/h3*3-6H,1-2H3. The summed E-state index contributed by atoms with van der Waals surface area (Å²) in [4.78, 5) is 0. The third kappa shape index (κ3) is 8.60. The Morgan fingerprint density at radius 2 is 0.970 bits per heavy atom. The van der Waals surface area contributed by atoms with E-state index in [1.165, 1.54) is 30.3 Å². The minimum absolute atomic E-state index is 0.0331. The zero-order valence-corrected chi connectivity index (χ0v) is 19.7. The minimum Gasteiger partial charge on any atom is -0.207 e. The normalized spacial score (nSPS) is 10.6. The molecule has 0 aromatic heterocycles. The topological polar surface area (TPSA) is 0 Å². The second-order valence-electron chi connectivity index (χ2n) is 8.41. The van der Waals surface area contributed by atoms with Gasteiger partial charge in [-0.1, -0.05) is 59.7 Å². The maximum atomic E-state index is 12.9. The fourth-order valence-corrected chi connectivity index (χ4v) is 2.99. The summed E-state index contributed by atoms with van der Waals surface area (Å²) in [5.41, 5.74) is 1.04. The molecule has 0 aliphatic rings. The quantitative estimate of drug-likeness (QED) is 0.336. The highest BCUT2D eigenvalue weighted by atomic mass is 19.2. The molecule has 0 unspecified atom stereocenters. The molecule has 0 aliphatic carbocycles. The molecule has 0 heterocycles. The highest BCUT2D eigenvalue weighted by Crippen LogP contribution is 2.21. The summed E-state index contributed by atoms with van der Waals surface area (Å²) in [7, 11) is 0. The van der Waals surface area contributed by atoms with E-state index in [9.17, 15) is 26.3 Å². The smallest absolute Gasteiger partial charge is 0.162 e. The van der Waals surface area contributed by atoms with E-state index < -0.39 is 23.3 Å². The largest absolute Gasteiger partial charge is 0.207 e. The molecular weight excluding hydrogens is 438 g/mol. The summed E-state index contributed by atoms with van der Waals surface area (Å²) < 4.78 is 76.6. The number of rotatable bonds is 3. The molecule has 6 heteroatoms. The van der Waals surface area contributed by atoms with Gasteiger partial charge in [0.2, 0.25) is 0 Å². The average molecular weight is 469 g/mol. The van der Waals surface area contributed by atoms with Crippen LogP contribution in [0.3, 0.4) is 0 Å². The van der Waals surface area contributed by atoms with Crippen molar-refractivity contribution in [2.24, 2.45) is 0 Å². The molecule has 180 valence electrons. The molecule has 0 atom stereocenters. The first kappa shape index (κ1) is 28.3. The fourth-order valence-electron chi connectivity index (χ4n) is 2.99. The van der Waals surface area contributed by atoms with Gasteiger partial charge in [0.25, 0.3) is 0 Å². The summed E-state index contributed by atoms with van der Waals surface area (Å²) in [6.45, 7) is 10.9. The van der Waals surface area contributed by atoms with Crippen molar-refractivity contribution in [3.63, 3.8) is 0 Å². The molecule has 0 saturated carbocycles. The molecule has 0 amide bonds. The highest BCUT2D eigenvalue weighted by Gasteiger charge is 2.11. The van der Waals surface area contributed by atoms with Gasteiger partial charge >= 0.3 is 0 Å². The van der Waals surface area contributed by atoms with Crippen LogP contribution in [0, 0.1) is 34.9 Å². The van der Waals surface area contributed by atoms with E-state index in [1.54, 1.807) is 19.9 Å². The number of hydrogen-bond acceptors (Lipinski definition) is 0. The van der Waals surface area contributed by atoms with Crippen LogP contribution in [-0.2, 0) is 0 Å². The maximum Gasteiger partial charge on any atom is 0.162 e. The minimum atomic E-state index is -0.767. The molecule has 3 aromatic carbocycles. The lowest BCUT2D eigenvalue weighted by Crippen LogP contribution is -1.96. The lowest BCUT2D eigenvalue weighted by Gasteiger charge is -2.06. The van der Waals surface area contributed by atoms with Crippen LogP contribution in [0.25, 0.3) is 0 Å². The Bertz CT molecular complexity index is 999. The van der Waals surface area contributed by atoms with Crippen molar-refractivity contribution in [2.75, 3.05) is 0 Å². The van der Waals surface area contributed by atoms with Gasteiger partial charge in [-0.3, -0.25) is 0 Å². The van der Waals surface area contributed by atoms with Crippen molar-refractivity contribution in [2.45, 2.75) is 59.3 Å². The molecule has 0 bridgehead atoms. The van der Waals surface area contributed by atoms with Crippen LogP contribution in [-0.4, -0.2) is 0 Å².